The third-order valence-corrected chi connectivity index (χ3v) is 4.20. The van der Waals surface area contributed by atoms with Gasteiger partial charge in [0.2, 0.25) is 0 Å². The molecule has 0 unspecified atom stereocenters. The highest BCUT2D eigenvalue weighted by Crippen LogP contribution is 2.24. The van der Waals surface area contributed by atoms with Crippen LogP contribution in [0.1, 0.15) is 29.0 Å². The molecule has 1 aliphatic heterocycles. The number of hydrogen-bond acceptors (Lipinski definition) is 6. The van der Waals surface area contributed by atoms with Crippen LogP contribution in [0.15, 0.2) is 46.4 Å². The highest BCUT2D eigenvalue weighted by Gasteiger charge is 2.18. The largest absolute Gasteiger partial charge is 0.545 e. The number of hydrogen-bond donors (Lipinski definition) is 1. The SMILES string of the molecule is N#C/C(=C/c1ccc(-c2ccc(C(=O)[O-])cc2)o1)C(=O)NC[C@H]1CCCO1. The van der Waals surface area contributed by atoms with Gasteiger partial charge in [-0.25, -0.2) is 0 Å². The number of benzene rings is 1. The number of nitriles is 1. The molecule has 2 aromatic rings. The molecule has 0 bridgehead atoms. The van der Waals surface area contributed by atoms with Gasteiger partial charge in [-0.3, -0.25) is 4.79 Å². The van der Waals surface area contributed by atoms with Crippen molar-refractivity contribution in [2.75, 3.05) is 13.2 Å². The van der Waals surface area contributed by atoms with Gasteiger partial charge in [0, 0.05) is 24.8 Å². The van der Waals surface area contributed by atoms with Crippen LogP contribution in [0.5, 0.6) is 0 Å². The summed E-state index contributed by atoms with van der Waals surface area (Å²) in [6, 6.07) is 11.2. The number of carbonyl (C=O) groups is 2. The predicted octanol–water partition coefficient (Wildman–Crippen LogP) is 1.51. The minimum Gasteiger partial charge on any atom is -0.545 e. The number of carbonyl (C=O) groups excluding carboxylic acids is 2. The van der Waals surface area contributed by atoms with Crippen molar-refractivity contribution in [2.24, 2.45) is 0 Å². The monoisotopic (exact) mass is 365 g/mol. The van der Waals surface area contributed by atoms with E-state index >= 15 is 0 Å². The molecule has 1 amide bonds. The van der Waals surface area contributed by atoms with Crippen molar-refractivity contribution in [3.05, 3.63) is 53.3 Å². The van der Waals surface area contributed by atoms with E-state index in [4.69, 9.17) is 9.15 Å². The smallest absolute Gasteiger partial charge is 0.262 e. The van der Waals surface area contributed by atoms with Crippen LogP contribution in [0.2, 0.25) is 0 Å². The van der Waals surface area contributed by atoms with Crippen LogP contribution < -0.4 is 10.4 Å². The standard InChI is InChI=1S/C20H18N2O5/c21-11-15(19(23)22-12-17-2-1-9-26-17)10-16-7-8-18(27-16)13-3-5-14(6-4-13)20(24)25/h3-8,10,17H,1-2,9,12H2,(H,22,23)(H,24,25)/p-1/b15-10-/t17-/m1/s1. The Kier molecular flexibility index (Phi) is 5.69. The normalized spacial score (nSPS) is 16.7. The first-order chi connectivity index (χ1) is 13.1. The van der Waals surface area contributed by atoms with E-state index in [1.54, 1.807) is 24.3 Å². The highest BCUT2D eigenvalue weighted by molar-refractivity contribution is 6.01. The van der Waals surface area contributed by atoms with Crippen molar-refractivity contribution in [1.29, 1.82) is 5.26 Å². The summed E-state index contributed by atoms with van der Waals surface area (Å²) < 4.78 is 11.1. The summed E-state index contributed by atoms with van der Waals surface area (Å²) >= 11 is 0. The van der Waals surface area contributed by atoms with E-state index in [0.29, 0.717) is 30.2 Å². The molecule has 0 spiro atoms. The molecule has 1 aliphatic rings. The predicted molar refractivity (Wildman–Crippen MR) is 94.0 cm³/mol. The fraction of sp³-hybridized carbons (Fsp3) is 0.250. The lowest BCUT2D eigenvalue weighted by atomic mass is 10.1. The number of rotatable bonds is 6. The quantitative estimate of drug-likeness (QED) is 0.613. The van der Waals surface area contributed by atoms with E-state index in [0.717, 1.165) is 12.8 Å². The average Bonchev–Trinajstić information content (AvgIpc) is 3.36. The molecule has 1 N–H and O–H groups in total. The third-order valence-electron chi connectivity index (χ3n) is 4.20. The molecule has 1 aromatic heterocycles. The maximum atomic E-state index is 12.2. The Balaban J connectivity index is 1.69. The number of aromatic carboxylic acids is 1. The van der Waals surface area contributed by atoms with Crippen molar-refractivity contribution in [3.8, 4) is 17.4 Å². The molecule has 1 saturated heterocycles. The van der Waals surface area contributed by atoms with E-state index in [1.165, 1.54) is 18.2 Å². The first-order valence-electron chi connectivity index (χ1n) is 8.50. The molecule has 3 rings (SSSR count). The molecule has 1 aromatic carbocycles. The Hall–Kier alpha value is -3.37. The van der Waals surface area contributed by atoms with Gasteiger partial charge >= 0.3 is 0 Å². The summed E-state index contributed by atoms with van der Waals surface area (Å²) in [5.74, 6) is -0.900. The number of nitrogens with zero attached hydrogens (tertiary/aromatic N) is 1. The maximum absolute atomic E-state index is 12.2. The lowest BCUT2D eigenvalue weighted by Crippen LogP contribution is -2.32. The molecule has 0 radical (unpaired) electrons. The van der Waals surface area contributed by atoms with Gasteiger partial charge in [-0.05, 0) is 30.5 Å². The summed E-state index contributed by atoms with van der Waals surface area (Å²) in [7, 11) is 0. The summed E-state index contributed by atoms with van der Waals surface area (Å²) in [4.78, 5) is 22.9. The third kappa shape index (κ3) is 4.63. The van der Waals surface area contributed by atoms with Gasteiger partial charge in [0.1, 0.15) is 23.2 Å². The first kappa shape index (κ1) is 18.4. The summed E-state index contributed by atoms with van der Waals surface area (Å²) in [6.07, 6.45) is 3.22. The number of carboxylic acid groups (broad SMARTS) is 1. The molecule has 138 valence electrons. The zero-order valence-electron chi connectivity index (χ0n) is 14.4. The van der Waals surface area contributed by atoms with Gasteiger partial charge in [0.15, 0.2) is 0 Å². The van der Waals surface area contributed by atoms with Gasteiger partial charge in [-0.2, -0.15) is 5.26 Å². The molecular formula is C20H17N2O5-. The average molecular weight is 365 g/mol. The van der Waals surface area contributed by atoms with E-state index in [1.807, 2.05) is 6.07 Å². The van der Waals surface area contributed by atoms with Crippen molar-refractivity contribution in [1.82, 2.24) is 5.32 Å². The van der Waals surface area contributed by atoms with Crippen LogP contribution in [-0.4, -0.2) is 31.1 Å². The second-order valence-corrected chi connectivity index (χ2v) is 6.08. The van der Waals surface area contributed by atoms with Gasteiger partial charge in [-0.1, -0.05) is 24.3 Å². The highest BCUT2D eigenvalue weighted by atomic mass is 16.5. The van der Waals surface area contributed by atoms with Gasteiger partial charge < -0.3 is 24.4 Å². The van der Waals surface area contributed by atoms with Gasteiger partial charge in [0.25, 0.3) is 5.91 Å². The minimum absolute atomic E-state index is 0.00641. The maximum Gasteiger partial charge on any atom is 0.262 e. The van der Waals surface area contributed by atoms with Crippen LogP contribution in [0.3, 0.4) is 0 Å². The fourth-order valence-electron chi connectivity index (χ4n) is 2.75. The number of nitrogens with one attached hydrogen (secondary N) is 1. The zero-order valence-corrected chi connectivity index (χ0v) is 14.4. The van der Waals surface area contributed by atoms with Gasteiger partial charge in [-0.15, -0.1) is 0 Å². The molecule has 2 heterocycles. The van der Waals surface area contributed by atoms with Crippen molar-refractivity contribution < 1.29 is 23.8 Å². The minimum atomic E-state index is -1.25. The second kappa shape index (κ2) is 8.34. The Labute approximate surface area is 155 Å². The molecular weight excluding hydrogens is 348 g/mol. The van der Waals surface area contributed by atoms with Crippen molar-refractivity contribution in [3.63, 3.8) is 0 Å². The number of ether oxygens (including phenoxy) is 1. The van der Waals surface area contributed by atoms with Crippen molar-refractivity contribution >= 4 is 18.0 Å². The second-order valence-electron chi connectivity index (χ2n) is 6.08. The van der Waals surface area contributed by atoms with Crippen LogP contribution in [-0.2, 0) is 9.53 Å². The van der Waals surface area contributed by atoms with E-state index in [-0.39, 0.29) is 17.2 Å². The fourth-order valence-corrected chi connectivity index (χ4v) is 2.75. The van der Waals surface area contributed by atoms with E-state index < -0.39 is 11.9 Å². The lowest BCUT2D eigenvalue weighted by molar-refractivity contribution is -0.255. The van der Waals surface area contributed by atoms with Crippen LogP contribution in [0, 0.1) is 11.3 Å². The van der Waals surface area contributed by atoms with Crippen LogP contribution in [0.25, 0.3) is 17.4 Å². The Morgan fingerprint density at radius 1 is 1.26 bits per heavy atom. The molecule has 1 fully saturated rings. The summed E-state index contributed by atoms with van der Waals surface area (Å²) in [5.41, 5.74) is 0.669. The molecule has 27 heavy (non-hydrogen) atoms. The molecule has 1 atom stereocenters. The molecule has 0 aliphatic carbocycles. The topological polar surface area (TPSA) is 115 Å². The van der Waals surface area contributed by atoms with Crippen LogP contribution in [0.4, 0.5) is 0 Å². The zero-order chi connectivity index (χ0) is 19.2. The summed E-state index contributed by atoms with van der Waals surface area (Å²) in [6.45, 7) is 1.06. The molecule has 7 nitrogen and oxygen atoms in total. The Morgan fingerprint density at radius 3 is 2.67 bits per heavy atom. The Bertz CT molecular complexity index is 899. The van der Waals surface area contributed by atoms with E-state index in [2.05, 4.69) is 5.32 Å². The van der Waals surface area contributed by atoms with Gasteiger partial charge in [0.05, 0.1) is 12.1 Å². The molecule has 0 saturated carbocycles. The molecule has 7 heteroatoms. The number of furan rings is 1. The van der Waals surface area contributed by atoms with E-state index in [9.17, 15) is 20.0 Å². The van der Waals surface area contributed by atoms with Crippen molar-refractivity contribution in [2.45, 2.75) is 18.9 Å². The first-order valence-corrected chi connectivity index (χ1v) is 8.50. The summed E-state index contributed by atoms with van der Waals surface area (Å²) in [5, 5.41) is 22.7. The number of carboxylic acids is 1. The Morgan fingerprint density at radius 2 is 2.04 bits per heavy atom. The lowest BCUT2D eigenvalue weighted by Gasteiger charge is -2.09. The van der Waals surface area contributed by atoms with Crippen LogP contribution >= 0.6 is 0 Å². The number of amides is 1.